The van der Waals surface area contributed by atoms with E-state index in [2.05, 4.69) is 15.8 Å². The Morgan fingerprint density at radius 3 is 2.43 bits per heavy atom. The molecule has 4 atom stereocenters. The van der Waals surface area contributed by atoms with Crippen LogP contribution in [0.2, 0.25) is 0 Å². The van der Waals surface area contributed by atoms with Gasteiger partial charge in [-0.1, -0.05) is 5.16 Å². The topological polar surface area (TPSA) is 218 Å². The number of rotatable bonds is 7. The van der Waals surface area contributed by atoms with Crippen molar-refractivity contribution in [3.8, 4) is 0 Å². The Morgan fingerprint density at radius 1 is 1.17 bits per heavy atom. The number of hydrogen-bond donors (Lipinski definition) is 7. The van der Waals surface area contributed by atoms with Crippen LogP contribution in [0.15, 0.2) is 5.16 Å². The second-order valence-corrected chi connectivity index (χ2v) is 8.85. The Bertz CT molecular complexity index is 741. The molecule has 0 amide bonds. The van der Waals surface area contributed by atoms with Crippen molar-refractivity contribution in [2.45, 2.75) is 24.6 Å². The molecule has 1 unspecified atom stereocenters. The predicted molar refractivity (Wildman–Crippen MR) is 100 cm³/mol. The van der Waals surface area contributed by atoms with E-state index in [0.717, 1.165) is 0 Å². The number of piperazine rings is 1. The lowest BCUT2D eigenvalue weighted by Gasteiger charge is -2.31. The minimum atomic E-state index is -3.93. The summed E-state index contributed by atoms with van der Waals surface area (Å²) in [6.07, 6.45) is -0.454. The van der Waals surface area contributed by atoms with E-state index in [1.54, 1.807) is 0 Å². The Kier molecular flexibility index (Phi) is 8.29. The SMILES string of the molecule is O=C(O)C1=NO[C@H]2[C@@H]1CN[C@@H]2C(=O)O.O=C(O)C1CN(CCCP(=O)(O)O)CCN1. The van der Waals surface area contributed by atoms with E-state index < -0.39 is 49.6 Å². The van der Waals surface area contributed by atoms with Gasteiger partial charge in [0.2, 0.25) is 0 Å². The summed E-state index contributed by atoms with van der Waals surface area (Å²) in [4.78, 5) is 56.1. The van der Waals surface area contributed by atoms with E-state index in [0.29, 0.717) is 32.6 Å². The molecular formula is C15H25N4O10P. The van der Waals surface area contributed by atoms with Crippen molar-refractivity contribution in [2.24, 2.45) is 11.1 Å². The van der Waals surface area contributed by atoms with Crippen LogP contribution in [0, 0.1) is 5.92 Å². The number of aliphatic carboxylic acids is 3. The summed E-state index contributed by atoms with van der Waals surface area (Å²) < 4.78 is 10.6. The van der Waals surface area contributed by atoms with Gasteiger partial charge in [0.25, 0.3) is 0 Å². The molecule has 0 saturated carbocycles. The first-order valence-corrected chi connectivity index (χ1v) is 11.0. The van der Waals surface area contributed by atoms with E-state index in [4.69, 9.17) is 29.9 Å². The molecule has 15 heteroatoms. The molecule has 7 N–H and O–H groups in total. The van der Waals surface area contributed by atoms with E-state index in [1.165, 1.54) is 0 Å². The second kappa shape index (κ2) is 10.3. The van der Waals surface area contributed by atoms with Gasteiger partial charge < -0.3 is 40.6 Å². The number of hydrogen-bond acceptors (Lipinski definition) is 9. The molecule has 14 nitrogen and oxygen atoms in total. The molecule has 2 saturated heterocycles. The lowest BCUT2D eigenvalue weighted by Crippen LogP contribution is -2.54. The molecule has 3 heterocycles. The van der Waals surface area contributed by atoms with Crippen LogP contribution in [0.25, 0.3) is 0 Å². The van der Waals surface area contributed by atoms with Crippen molar-refractivity contribution in [3.05, 3.63) is 0 Å². The largest absolute Gasteiger partial charge is 0.480 e. The monoisotopic (exact) mass is 452 g/mol. The Morgan fingerprint density at radius 2 is 1.87 bits per heavy atom. The highest BCUT2D eigenvalue weighted by Gasteiger charge is 2.50. The maximum atomic E-state index is 10.7. The van der Waals surface area contributed by atoms with Crippen molar-refractivity contribution >= 4 is 31.2 Å². The van der Waals surface area contributed by atoms with Crippen molar-refractivity contribution < 1.29 is 48.9 Å². The fourth-order valence-electron chi connectivity index (χ4n) is 3.40. The smallest absolute Gasteiger partial charge is 0.354 e. The molecule has 0 aliphatic carbocycles. The third kappa shape index (κ3) is 6.72. The summed E-state index contributed by atoms with van der Waals surface area (Å²) in [5.41, 5.74) is -0.105. The van der Waals surface area contributed by atoms with Gasteiger partial charge in [0.15, 0.2) is 11.8 Å². The molecule has 30 heavy (non-hydrogen) atoms. The van der Waals surface area contributed by atoms with Gasteiger partial charge in [0.05, 0.1) is 12.1 Å². The molecule has 0 aromatic carbocycles. The number of carboxylic acids is 3. The Hall–Kier alpha value is -2.09. The molecular weight excluding hydrogens is 427 g/mol. The van der Waals surface area contributed by atoms with Crippen LogP contribution >= 0.6 is 7.60 Å². The number of nitrogens with zero attached hydrogens (tertiary/aromatic N) is 2. The van der Waals surface area contributed by atoms with Crippen LogP contribution in [-0.2, 0) is 23.8 Å². The Balaban J connectivity index is 0.000000215. The van der Waals surface area contributed by atoms with Crippen molar-refractivity contribution in [1.29, 1.82) is 0 Å². The minimum Gasteiger partial charge on any atom is -0.480 e. The zero-order valence-corrected chi connectivity index (χ0v) is 16.8. The summed E-state index contributed by atoms with van der Waals surface area (Å²) in [6.45, 7) is 2.48. The third-order valence-corrected chi connectivity index (χ3v) is 5.77. The van der Waals surface area contributed by atoms with Gasteiger partial charge in [-0.2, -0.15) is 0 Å². The fourth-order valence-corrected chi connectivity index (χ4v) is 3.95. The van der Waals surface area contributed by atoms with Crippen LogP contribution in [-0.4, -0.2) is 111 Å². The number of carbonyl (C=O) groups is 3. The van der Waals surface area contributed by atoms with Gasteiger partial charge in [-0.05, 0) is 13.0 Å². The highest BCUT2D eigenvalue weighted by Crippen LogP contribution is 2.34. The van der Waals surface area contributed by atoms with Crippen LogP contribution < -0.4 is 10.6 Å². The fraction of sp³-hybridized carbons (Fsp3) is 0.733. The highest BCUT2D eigenvalue weighted by atomic mass is 31.2. The average molecular weight is 452 g/mol. The van der Waals surface area contributed by atoms with Crippen LogP contribution in [0.4, 0.5) is 0 Å². The van der Waals surface area contributed by atoms with Gasteiger partial charge in [-0.15, -0.1) is 0 Å². The van der Waals surface area contributed by atoms with Gasteiger partial charge in [-0.3, -0.25) is 19.1 Å². The molecule has 0 aromatic heterocycles. The van der Waals surface area contributed by atoms with Crippen molar-refractivity contribution in [1.82, 2.24) is 15.5 Å². The summed E-state index contributed by atoms with van der Waals surface area (Å²) >= 11 is 0. The Labute approximate surface area is 171 Å². The van der Waals surface area contributed by atoms with Gasteiger partial charge in [0, 0.05) is 26.2 Å². The molecule has 0 spiro atoms. The molecule has 3 rings (SSSR count). The van der Waals surface area contributed by atoms with E-state index >= 15 is 0 Å². The average Bonchev–Trinajstić information content (AvgIpc) is 3.23. The van der Waals surface area contributed by atoms with Gasteiger partial charge in [-0.25, -0.2) is 4.79 Å². The lowest BCUT2D eigenvalue weighted by atomic mass is 9.97. The van der Waals surface area contributed by atoms with E-state index in [9.17, 15) is 18.9 Å². The van der Waals surface area contributed by atoms with Crippen LogP contribution in [0.1, 0.15) is 6.42 Å². The van der Waals surface area contributed by atoms with Crippen LogP contribution in [0.5, 0.6) is 0 Å². The summed E-state index contributed by atoms with van der Waals surface area (Å²) in [5, 5.41) is 35.1. The molecule has 0 aromatic rings. The first-order chi connectivity index (χ1) is 14.0. The zero-order valence-electron chi connectivity index (χ0n) is 15.9. The van der Waals surface area contributed by atoms with Crippen LogP contribution in [0.3, 0.4) is 0 Å². The second-order valence-electron chi connectivity index (χ2n) is 7.07. The summed E-state index contributed by atoms with van der Waals surface area (Å²) in [7, 11) is -3.93. The highest BCUT2D eigenvalue weighted by molar-refractivity contribution is 7.51. The molecule has 3 aliphatic heterocycles. The number of nitrogens with one attached hydrogen (secondary N) is 2. The maximum absolute atomic E-state index is 10.7. The van der Waals surface area contributed by atoms with Crippen molar-refractivity contribution in [3.63, 3.8) is 0 Å². The molecule has 3 aliphatic rings. The maximum Gasteiger partial charge on any atom is 0.354 e. The third-order valence-electron chi connectivity index (χ3n) is 4.87. The first kappa shape index (κ1) is 24.2. The van der Waals surface area contributed by atoms with Gasteiger partial charge in [0.1, 0.15) is 12.1 Å². The standard InChI is InChI=1S/C8H17N2O5P.C7H8N2O5/c11-8(12)7-6-10(4-2-9-7)3-1-5-16(13,14)15;10-6(11)3-2-1-8-4(7(12)13)5(2)14-9-3/h7,9H,1-6H2,(H,11,12)(H2,13,14,15);2,4-5,8H,1H2,(H,10,11)(H,12,13)/t;2-,4+,5+/m.1/s1. The van der Waals surface area contributed by atoms with Gasteiger partial charge >= 0.3 is 25.5 Å². The lowest BCUT2D eigenvalue weighted by molar-refractivity contribution is -0.142. The van der Waals surface area contributed by atoms with E-state index in [1.807, 2.05) is 4.90 Å². The summed E-state index contributed by atoms with van der Waals surface area (Å²) in [5.74, 6) is -3.57. The predicted octanol–water partition coefficient (Wildman–Crippen LogP) is -2.59. The minimum absolute atomic E-state index is 0.105. The first-order valence-electron chi connectivity index (χ1n) is 9.16. The molecule has 0 radical (unpaired) electrons. The zero-order chi connectivity index (χ0) is 22.5. The number of fused-ring (bicyclic) bond motifs is 1. The molecule has 0 bridgehead atoms. The molecule has 2 fully saturated rings. The van der Waals surface area contributed by atoms with Crippen molar-refractivity contribution in [2.75, 3.05) is 38.9 Å². The van der Waals surface area contributed by atoms with E-state index in [-0.39, 0.29) is 18.4 Å². The normalized spacial score (nSPS) is 28.5. The quantitative estimate of drug-likeness (QED) is 0.197. The number of carboxylic acid groups (broad SMARTS) is 3. The number of oxime groups is 1. The summed E-state index contributed by atoms with van der Waals surface area (Å²) in [6, 6.07) is -1.45. The molecule has 170 valence electrons.